The van der Waals surface area contributed by atoms with E-state index in [1.165, 1.54) is 51.0 Å². The highest BCUT2D eigenvalue weighted by Gasteiger charge is 2.38. The maximum atomic E-state index is 4.19. The van der Waals surface area contributed by atoms with Gasteiger partial charge in [-0.1, -0.05) is 6.07 Å². The van der Waals surface area contributed by atoms with Gasteiger partial charge in [0.15, 0.2) is 0 Å². The molecule has 2 aliphatic heterocycles. The molecule has 1 aromatic rings. The summed E-state index contributed by atoms with van der Waals surface area (Å²) in [5, 5.41) is 3.47. The molecule has 0 aromatic carbocycles. The van der Waals surface area contributed by atoms with Gasteiger partial charge in [-0.05, 0) is 55.9 Å². The Morgan fingerprint density at radius 2 is 2.18 bits per heavy atom. The van der Waals surface area contributed by atoms with Gasteiger partial charge in [0.25, 0.3) is 0 Å². The maximum Gasteiger partial charge on any atom is 0.0312 e. The summed E-state index contributed by atoms with van der Waals surface area (Å²) in [5.74, 6) is 0. The maximum absolute atomic E-state index is 4.19. The van der Waals surface area contributed by atoms with Gasteiger partial charge in [0.2, 0.25) is 0 Å². The highest BCUT2D eigenvalue weighted by Crippen LogP contribution is 2.38. The summed E-state index contributed by atoms with van der Waals surface area (Å²) >= 11 is 0. The first-order valence-corrected chi connectivity index (χ1v) is 6.68. The van der Waals surface area contributed by atoms with E-state index in [0.29, 0.717) is 5.41 Å². The van der Waals surface area contributed by atoms with E-state index in [2.05, 4.69) is 21.3 Å². The summed E-state index contributed by atoms with van der Waals surface area (Å²) < 4.78 is 0. The van der Waals surface area contributed by atoms with E-state index in [-0.39, 0.29) is 0 Å². The molecule has 3 nitrogen and oxygen atoms in total. The van der Waals surface area contributed by atoms with Crippen LogP contribution < -0.4 is 5.32 Å². The van der Waals surface area contributed by atoms with Gasteiger partial charge >= 0.3 is 0 Å². The lowest BCUT2D eigenvalue weighted by Crippen LogP contribution is -2.38. The molecule has 2 fully saturated rings. The summed E-state index contributed by atoms with van der Waals surface area (Å²) in [6, 6.07) is 4.21. The van der Waals surface area contributed by atoms with Gasteiger partial charge in [-0.3, -0.25) is 9.88 Å². The zero-order chi connectivity index (χ0) is 11.6. The minimum Gasteiger partial charge on any atom is -0.317 e. The molecule has 0 saturated carbocycles. The molecule has 92 valence electrons. The number of nitrogens with zero attached hydrogens (tertiary/aromatic N) is 2. The summed E-state index contributed by atoms with van der Waals surface area (Å²) in [4.78, 5) is 6.79. The predicted molar refractivity (Wildman–Crippen MR) is 68.7 cm³/mol. The molecule has 17 heavy (non-hydrogen) atoms. The molecule has 3 rings (SSSR count). The van der Waals surface area contributed by atoms with E-state index >= 15 is 0 Å². The first-order chi connectivity index (χ1) is 8.36. The number of aromatic nitrogens is 1. The quantitative estimate of drug-likeness (QED) is 0.839. The molecule has 0 radical (unpaired) electrons. The topological polar surface area (TPSA) is 28.2 Å². The third-order valence-electron chi connectivity index (χ3n) is 4.31. The van der Waals surface area contributed by atoms with Gasteiger partial charge in [0.1, 0.15) is 0 Å². The van der Waals surface area contributed by atoms with Crippen LogP contribution in [0.25, 0.3) is 0 Å². The number of hydrogen-bond acceptors (Lipinski definition) is 3. The molecule has 0 aliphatic carbocycles. The number of nitrogens with one attached hydrogen (secondary N) is 1. The number of hydrogen-bond donors (Lipinski definition) is 1. The first-order valence-electron chi connectivity index (χ1n) is 6.68. The Morgan fingerprint density at radius 3 is 2.94 bits per heavy atom. The van der Waals surface area contributed by atoms with Crippen molar-refractivity contribution in [3.05, 3.63) is 30.1 Å². The average Bonchev–Trinajstić information content (AvgIpc) is 2.74. The van der Waals surface area contributed by atoms with Crippen LogP contribution in [0.1, 0.15) is 24.8 Å². The van der Waals surface area contributed by atoms with Crippen molar-refractivity contribution in [2.24, 2.45) is 5.41 Å². The van der Waals surface area contributed by atoms with E-state index in [1.807, 2.05) is 18.5 Å². The van der Waals surface area contributed by atoms with Crippen LogP contribution in [-0.2, 0) is 6.54 Å². The van der Waals surface area contributed by atoms with Crippen molar-refractivity contribution in [3.8, 4) is 0 Å². The average molecular weight is 231 g/mol. The molecular weight excluding hydrogens is 210 g/mol. The van der Waals surface area contributed by atoms with Crippen LogP contribution in [0.5, 0.6) is 0 Å². The Balaban J connectivity index is 1.60. The van der Waals surface area contributed by atoms with Crippen molar-refractivity contribution in [2.45, 2.75) is 25.8 Å². The number of pyridine rings is 1. The molecule has 1 N–H and O–H groups in total. The second-order valence-electron chi connectivity index (χ2n) is 5.57. The molecule has 0 bridgehead atoms. The second-order valence-corrected chi connectivity index (χ2v) is 5.57. The monoisotopic (exact) mass is 231 g/mol. The second kappa shape index (κ2) is 4.75. The number of likely N-dealkylation sites (tertiary alicyclic amines) is 1. The minimum absolute atomic E-state index is 0.619. The Kier molecular flexibility index (Phi) is 3.12. The zero-order valence-corrected chi connectivity index (χ0v) is 10.4. The SMILES string of the molecule is c1cncc(CN2CCC3(CCNCC3)C2)c1. The van der Waals surface area contributed by atoms with Crippen molar-refractivity contribution in [1.29, 1.82) is 0 Å². The Hall–Kier alpha value is -0.930. The normalized spacial score (nSPS) is 24.2. The van der Waals surface area contributed by atoms with E-state index in [0.717, 1.165) is 6.54 Å². The molecule has 2 saturated heterocycles. The number of piperidine rings is 1. The lowest BCUT2D eigenvalue weighted by molar-refractivity contribution is 0.194. The predicted octanol–water partition coefficient (Wildman–Crippen LogP) is 1.66. The van der Waals surface area contributed by atoms with Gasteiger partial charge in [0, 0.05) is 25.5 Å². The van der Waals surface area contributed by atoms with Crippen LogP contribution in [0.15, 0.2) is 24.5 Å². The van der Waals surface area contributed by atoms with Crippen molar-refractivity contribution >= 4 is 0 Å². The highest BCUT2D eigenvalue weighted by atomic mass is 15.2. The molecule has 1 spiro atoms. The van der Waals surface area contributed by atoms with Gasteiger partial charge < -0.3 is 5.32 Å². The van der Waals surface area contributed by atoms with Crippen LogP contribution in [0, 0.1) is 5.41 Å². The standard InChI is InChI=1S/C14H21N3/c1-2-13(10-16-6-1)11-17-9-5-14(12-17)3-7-15-8-4-14/h1-2,6,10,15H,3-5,7-9,11-12H2. The fraction of sp³-hybridized carbons (Fsp3) is 0.643. The lowest BCUT2D eigenvalue weighted by Gasteiger charge is -2.33. The van der Waals surface area contributed by atoms with Crippen LogP contribution >= 0.6 is 0 Å². The molecule has 1 aromatic heterocycles. The van der Waals surface area contributed by atoms with Crippen LogP contribution in [-0.4, -0.2) is 36.1 Å². The Morgan fingerprint density at radius 1 is 1.29 bits per heavy atom. The summed E-state index contributed by atoms with van der Waals surface area (Å²) in [7, 11) is 0. The van der Waals surface area contributed by atoms with Crippen LogP contribution in [0.3, 0.4) is 0 Å². The van der Waals surface area contributed by atoms with Crippen molar-refractivity contribution in [3.63, 3.8) is 0 Å². The molecule has 0 unspecified atom stereocenters. The third kappa shape index (κ3) is 2.50. The van der Waals surface area contributed by atoms with Gasteiger partial charge in [-0.25, -0.2) is 0 Å². The summed E-state index contributed by atoms with van der Waals surface area (Å²) in [6.07, 6.45) is 7.94. The van der Waals surface area contributed by atoms with E-state index in [9.17, 15) is 0 Å². The van der Waals surface area contributed by atoms with E-state index in [1.54, 1.807) is 0 Å². The summed E-state index contributed by atoms with van der Waals surface area (Å²) in [6.45, 7) is 6.03. The largest absolute Gasteiger partial charge is 0.317 e. The van der Waals surface area contributed by atoms with Crippen molar-refractivity contribution < 1.29 is 0 Å². The molecule has 3 heterocycles. The summed E-state index contributed by atoms with van der Waals surface area (Å²) in [5.41, 5.74) is 1.96. The molecular formula is C14H21N3. The molecule has 3 heteroatoms. The molecule has 0 amide bonds. The zero-order valence-electron chi connectivity index (χ0n) is 10.4. The highest BCUT2D eigenvalue weighted by molar-refractivity contribution is 5.09. The fourth-order valence-corrected chi connectivity index (χ4v) is 3.28. The van der Waals surface area contributed by atoms with E-state index in [4.69, 9.17) is 0 Å². The van der Waals surface area contributed by atoms with E-state index < -0.39 is 0 Å². The van der Waals surface area contributed by atoms with Crippen molar-refractivity contribution in [1.82, 2.24) is 15.2 Å². The van der Waals surface area contributed by atoms with Gasteiger partial charge in [-0.2, -0.15) is 0 Å². The van der Waals surface area contributed by atoms with Crippen LogP contribution in [0.4, 0.5) is 0 Å². The Bertz CT molecular complexity index is 357. The van der Waals surface area contributed by atoms with Gasteiger partial charge in [-0.15, -0.1) is 0 Å². The smallest absolute Gasteiger partial charge is 0.0312 e. The third-order valence-corrected chi connectivity index (χ3v) is 4.31. The van der Waals surface area contributed by atoms with Crippen molar-refractivity contribution in [2.75, 3.05) is 26.2 Å². The fourth-order valence-electron chi connectivity index (χ4n) is 3.28. The molecule has 2 aliphatic rings. The lowest BCUT2D eigenvalue weighted by atomic mass is 9.78. The minimum atomic E-state index is 0.619. The number of rotatable bonds is 2. The van der Waals surface area contributed by atoms with Gasteiger partial charge in [0.05, 0.1) is 0 Å². The Labute approximate surface area is 103 Å². The molecule has 0 atom stereocenters. The van der Waals surface area contributed by atoms with Crippen LogP contribution in [0.2, 0.25) is 0 Å². The first kappa shape index (κ1) is 11.2.